The van der Waals surface area contributed by atoms with Crippen molar-refractivity contribution in [3.63, 3.8) is 0 Å². The van der Waals surface area contributed by atoms with Gasteiger partial charge in [0, 0.05) is 45.6 Å². The number of hydrogen-bond acceptors (Lipinski definition) is 4. The third-order valence-corrected chi connectivity index (χ3v) is 8.29. The predicted molar refractivity (Wildman–Crippen MR) is 191 cm³/mol. The third kappa shape index (κ3) is 6.51. The van der Waals surface area contributed by atoms with Crippen molar-refractivity contribution < 1.29 is 0 Å². The molecule has 212 valence electrons. The van der Waals surface area contributed by atoms with E-state index in [1.807, 2.05) is 0 Å². The molecule has 4 heteroatoms. The maximum Gasteiger partial charge on any atom is 0.0464 e. The van der Waals surface area contributed by atoms with Crippen LogP contribution in [0.5, 0.6) is 0 Å². The number of aryl methyl sites for hydroxylation is 1. The van der Waals surface area contributed by atoms with Crippen LogP contribution in [0.3, 0.4) is 0 Å². The van der Waals surface area contributed by atoms with Gasteiger partial charge in [-0.3, -0.25) is 0 Å². The van der Waals surface area contributed by atoms with Gasteiger partial charge in [-0.15, -0.1) is 0 Å². The molecule has 0 bridgehead atoms. The minimum absolute atomic E-state index is 0.701. The Kier molecular flexibility index (Phi) is 8.88. The fourth-order valence-electron chi connectivity index (χ4n) is 5.43. The number of nitrogens with zero attached hydrogens (tertiary/aromatic N) is 2. The molecule has 0 spiro atoms. The molecule has 2 nitrogen and oxygen atoms in total. The van der Waals surface area contributed by atoms with Crippen molar-refractivity contribution in [2.75, 3.05) is 9.80 Å². The molecule has 0 unspecified atom stereocenters. The Hall–Kier alpha value is -4.38. The van der Waals surface area contributed by atoms with E-state index in [0.29, 0.717) is 11.5 Å². The van der Waals surface area contributed by atoms with E-state index in [2.05, 4.69) is 194 Å². The van der Waals surface area contributed by atoms with Crippen molar-refractivity contribution in [3.05, 3.63) is 168 Å². The predicted octanol–water partition coefficient (Wildman–Crippen LogP) is 11.5. The normalized spacial score (nSPS) is 10.9. The quantitative estimate of drug-likeness (QED) is 0.161. The number of thiol groups is 2. The summed E-state index contributed by atoms with van der Waals surface area (Å²) in [4.78, 5) is 4.60. The summed E-state index contributed by atoms with van der Waals surface area (Å²) in [5.74, 6) is 1.40. The Morgan fingerprint density at radius 1 is 0.395 bits per heavy atom. The minimum atomic E-state index is 0.701. The van der Waals surface area contributed by atoms with Crippen molar-refractivity contribution in [2.24, 2.45) is 0 Å². The summed E-state index contributed by atoms with van der Waals surface area (Å²) in [5.41, 5.74) is 12.7. The van der Waals surface area contributed by atoms with E-state index in [0.717, 1.165) is 34.1 Å². The Bertz CT molecular complexity index is 1800. The lowest BCUT2D eigenvalue weighted by molar-refractivity contribution is 1.26. The molecular formula is C39H34N2S2. The second-order valence-corrected chi connectivity index (χ2v) is 11.2. The second-order valence-electron chi connectivity index (χ2n) is 10.6. The van der Waals surface area contributed by atoms with E-state index in [1.165, 1.54) is 27.8 Å². The highest BCUT2D eigenvalue weighted by Crippen LogP contribution is 2.38. The van der Waals surface area contributed by atoms with Crippen molar-refractivity contribution in [1.82, 2.24) is 0 Å². The van der Waals surface area contributed by atoms with Gasteiger partial charge < -0.3 is 9.80 Å². The first-order valence-electron chi connectivity index (χ1n) is 14.4. The maximum atomic E-state index is 4.52. The van der Waals surface area contributed by atoms with Gasteiger partial charge >= 0.3 is 0 Å². The summed E-state index contributed by atoms with van der Waals surface area (Å²) in [6, 6.07) is 53.9. The van der Waals surface area contributed by atoms with Crippen LogP contribution in [0.15, 0.2) is 152 Å². The first-order chi connectivity index (χ1) is 21.1. The monoisotopic (exact) mass is 594 g/mol. The van der Waals surface area contributed by atoms with E-state index in [-0.39, 0.29) is 0 Å². The summed E-state index contributed by atoms with van der Waals surface area (Å²) in [7, 11) is 0. The Morgan fingerprint density at radius 2 is 0.791 bits per heavy atom. The van der Waals surface area contributed by atoms with E-state index < -0.39 is 0 Å². The van der Waals surface area contributed by atoms with Crippen LogP contribution in [0.2, 0.25) is 0 Å². The molecule has 0 aliphatic carbocycles. The summed E-state index contributed by atoms with van der Waals surface area (Å²) in [6.07, 6.45) is 0. The second kappa shape index (κ2) is 13.3. The smallest absolute Gasteiger partial charge is 0.0464 e. The zero-order valence-corrected chi connectivity index (χ0v) is 25.9. The fourth-order valence-corrected chi connectivity index (χ4v) is 5.83. The van der Waals surface area contributed by atoms with Crippen LogP contribution in [0, 0.1) is 6.92 Å². The number of rotatable bonds is 9. The van der Waals surface area contributed by atoms with Crippen LogP contribution >= 0.6 is 25.3 Å². The van der Waals surface area contributed by atoms with Gasteiger partial charge in [-0.1, -0.05) is 78.9 Å². The van der Waals surface area contributed by atoms with E-state index in [9.17, 15) is 0 Å². The molecule has 0 aromatic heterocycles. The number of benzene rings is 6. The molecule has 0 N–H and O–H groups in total. The first kappa shape index (κ1) is 28.7. The standard InChI is InChI=1S/C39H34N2S2/c1-29-8-5-13-37(24-29)41(39-15-7-10-31(26-39)28-43)36-22-18-33(19-23-36)32-16-20-35(21-17-32)40(34-11-3-2-4-12-34)38-14-6-9-30(25-38)27-42/h2-26,42-43H,27-28H2,1H3. The van der Waals surface area contributed by atoms with Gasteiger partial charge in [0.1, 0.15) is 0 Å². The average Bonchev–Trinajstić information content (AvgIpc) is 3.06. The van der Waals surface area contributed by atoms with Crippen LogP contribution in [0.1, 0.15) is 16.7 Å². The van der Waals surface area contributed by atoms with E-state index in [4.69, 9.17) is 0 Å². The van der Waals surface area contributed by atoms with Crippen molar-refractivity contribution in [2.45, 2.75) is 18.4 Å². The molecule has 0 aliphatic heterocycles. The van der Waals surface area contributed by atoms with Gasteiger partial charge in [-0.05, 0) is 108 Å². The molecule has 6 aromatic rings. The molecule has 43 heavy (non-hydrogen) atoms. The lowest BCUT2D eigenvalue weighted by Crippen LogP contribution is -2.10. The number of para-hydroxylation sites is 1. The molecule has 6 aromatic carbocycles. The summed E-state index contributed by atoms with van der Waals surface area (Å²) in [5, 5.41) is 0. The summed E-state index contributed by atoms with van der Waals surface area (Å²) in [6.45, 7) is 2.13. The Balaban J connectivity index is 1.33. The summed E-state index contributed by atoms with van der Waals surface area (Å²) >= 11 is 9.02. The SMILES string of the molecule is Cc1cccc(N(c2ccc(-c3ccc(N(c4ccccc4)c4cccc(CS)c4)cc3)cc2)c2cccc(CS)c2)c1. The molecular weight excluding hydrogens is 561 g/mol. The van der Waals surface area contributed by atoms with Crippen molar-refractivity contribution in [3.8, 4) is 11.1 Å². The van der Waals surface area contributed by atoms with Crippen LogP contribution in [0.4, 0.5) is 34.1 Å². The zero-order valence-electron chi connectivity index (χ0n) is 24.1. The van der Waals surface area contributed by atoms with Crippen LogP contribution in [0.25, 0.3) is 11.1 Å². The number of hydrogen-bond donors (Lipinski definition) is 2. The van der Waals surface area contributed by atoms with Gasteiger partial charge in [0.05, 0.1) is 0 Å². The Labute approximate surface area is 266 Å². The van der Waals surface area contributed by atoms with Crippen molar-refractivity contribution >= 4 is 59.4 Å². The molecule has 0 saturated carbocycles. The zero-order chi connectivity index (χ0) is 29.6. The van der Waals surface area contributed by atoms with Crippen LogP contribution < -0.4 is 9.80 Å². The van der Waals surface area contributed by atoms with Crippen molar-refractivity contribution in [1.29, 1.82) is 0 Å². The minimum Gasteiger partial charge on any atom is -0.310 e. The van der Waals surface area contributed by atoms with Gasteiger partial charge in [-0.25, -0.2) is 0 Å². The molecule has 6 rings (SSSR count). The molecule has 0 fully saturated rings. The van der Waals surface area contributed by atoms with Gasteiger partial charge in [0.15, 0.2) is 0 Å². The Morgan fingerprint density at radius 3 is 1.26 bits per heavy atom. The third-order valence-electron chi connectivity index (χ3n) is 7.56. The van der Waals surface area contributed by atoms with Gasteiger partial charge in [0.25, 0.3) is 0 Å². The molecule has 0 saturated heterocycles. The van der Waals surface area contributed by atoms with E-state index in [1.54, 1.807) is 0 Å². The molecule has 0 aliphatic rings. The average molecular weight is 595 g/mol. The molecule has 0 heterocycles. The van der Waals surface area contributed by atoms with E-state index >= 15 is 0 Å². The largest absolute Gasteiger partial charge is 0.310 e. The topological polar surface area (TPSA) is 6.48 Å². The molecule has 0 radical (unpaired) electrons. The van der Waals surface area contributed by atoms with Crippen LogP contribution in [-0.2, 0) is 11.5 Å². The molecule has 0 amide bonds. The molecule has 0 atom stereocenters. The highest BCUT2D eigenvalue weighted by molar-refractivity contribution is 7.79. The summed E-state index contributed by atoms with van der Waals surface area (Å²) < 4.78 is 0. The van der Waals surface area contributed by atoms with Crippen LogP contribution in [-0.4, -0.2) is 0 Å². The highest BCUT2D eigenvalue weighted by Gasteiger charge is 2.15. The lowest BCUT2D eigenvalue weighted by Gasteiger charge is -2.27. The lowest BCUT2D eigenvalue weighted by atomic mass is 10.0. The number of anilines is 6. The fraction of sp³-hybridized carbons (Fsp3) is 0.0769. The van der Waals surface area contributed by atoms with Gasteiger partial charge in [-0.2, -0.15) is 25.3 Å². The highest BCUT2D eigenvalue weighted by atomic mass is 32.1. The van der Waals surface area contributed by atoms with Gasteiger partial charge in [0.2, 0.25) is 0 Å². The maximum absolute atomic E-state index is 4.52. The first-order valence-corrected chi connectivity index (χ1v) is 15.7.